The highest BCUT2D eigenvalue weighted by molar-refractivity contribution is 7.99. The highest BCUT2D eigenvalue weighted by atomic mass is 32.2. The summed E-state index contributed by atoms with van der Waals surface area (Å²) in [5.74, 6) is 2.35. The quantitative estimate of drug-likeness (QED) is 0.595. The molecule has 0 saturated carbocycles. The highest BCUT2D eigenvalue weighted by Crippen LogP contribution is 2.32. The van der Waals surface area contributed by atoms with Gasteiger partial charge in [0.15, 0.2) is 0 Å². The van der Waals surface area contributed by atoms with E-state index < -0.39 is 0 Å². The van der Waals surface area contributed by atoms with Crippen molar-refractivity contribution in [2.75, 3.05) is 54.9 Å². The topological polar surface area (TPSA) is 70.4 Å². The highest BCUT2D eigenvalue weighted by Gasteiger charge is 2.19. The van der Waals surface area contributed by atoms with Crippen LogP contribution in [0.4, 0.5) is 17.1 Å². The summed E-state index contributed by atoms with van der Waals surface area (Å²) in [6.45, 7) is 6.44. The molecule has 6 nitrogen and oxygen atoms in total. The number of benzene rings is 1. The molecule has 0 unspecified atom stereocenters. The van der Waals surface area contributed by atoms with Gasteiger partial charge >= 0.3 is 5.69 Å². The van der Waals surface area contributed by atoms with Crippen LogP contribution >= 0.6 is 11.8 Å². The molecule has 0 bridgehead atoms. The van der Waals surface area contributed by atoms with Crippen molar-refractivity contribution in [3.63, 3.8) is 0 Å². The molecule has 0 aliphatic carbocycles. The molecule has 1 fully saturated rings. The van der Waals surface area contributed by atoms with Crippen molar-refractivity contribution in [3.8, 4) is 0 Å². The lowest BCUT2D eigenvalue weighted by Crippen LogP contribution is -2.36. The number of nitro benzene ring substituents is 1. The van der Waals surface area contributed by atoms with Gasteiger partial charge in [0.05, 0.1) is 4.92 Å². The van der Waals surface area contributed by atoms with Gasteiger partial charge in [0.25, 0.3) is 0 Å². The Balaban J connectivity index is 1.98. The van der Waals surface area contributed by atoms with Crippen LogP contribution < -0.4 is 10.6 Å². The zero-order valence-corrected chi connectivity index (χ0v) is 13.1. The Labute approximate surface area is 129 Å². The summed E-state index contributed by atoms with van der Waals surface area (Å²) >= 11 is 1.98. The molecule has 21 heavy (non-hydrogen) atoms. The number of nitro groups is 1. The number of hydrogen-bond acceptors (Lipinski definition) is 6. The van der Waals surface area contributed by atoms with E-state index >= 15 is 0 Å². The number of nitrogens with one attached hydrogen (secondary N) is 2. The third-order valence-electron chi connectivity index (χ3n) is 3.43. The molecule has 0 spiro atoms. The minimum absolute atomic E-state index is 0.133. The molecule has 1 heterocycles. The van der Waals surface area contributed by atoms with Crippen LogP contribution in [0.15, 0.2) is 18.2 Å². The predicted octanol–water partition coefficient (Wildman–Crippen LogP) is 2.49. The second-order valence-electron chi connectivity index (χ2n) is 4.87. The Morgan fingerprint density at radius 3 is 2.57 bits per heavy atom. The summed E-state index contributed by atoms with van der Waals surface area (Å²) in [7, 11) is 0. The largest absolute Gasteiger partial charge is 0.380 e. The van der Waals surface area contributed by atoms with E-state index in [2.05, 4.69) is 15.5 Å². The van der Waals surface area contributed by atoms with Crippen LogP contribution in [0.5, 0.6) is 0 Å². The van der Waals surface area contributed by atoms with Gasteiger partial charge in [-0.15, -0.1) is 0 Å². The molecule has 1 saturated heterocycles. The fraction of sp³-hybridized carbons (Fsp3) is 0.571. The summed E-state index contributed by atoms with van der Waals surface area (Å²) in [4.78, 5) is 13.4. The molecule has 1 aromatic rings. The van der Waals surface area contributed by atoms with E-state index in [-0.39, 0.29) is 10.6 Å². The molecule has 0 aromatic heterocycles. The van der Waals surface area contributed by atoms with Crippen molar-refractivity contribution >= 4 is 28.8 Å². The molecule has 1 aromatic carbocycles. The third kappa shape index (κ3) is 4.50. The van der Waals surface area contributed by atoms with Gasteiger partial charge in [-0.1, -0.05) is 6.07 Å². The summed E-state index contributed by atoms with van der Waals surface area (Å²) in [5, 5.41) is 17.5. The minimum atomic E-state index is -0.322. The van der Waals surface area contributed by atoms with Gasteiger partial charge in [0.2, 0.25) is 0 Å². The maximum absolute atomic E-state index is 11.3. The Morgan fingerprint density at radius 2 is 1.95 bits per heavy atom. The van der Waals surface area contributed by atoms with Crippen LogP contribution in [0.25, 0.3) is 0 Å². The predicted molar refractivity (Wildman–Crippen MR) is 89.5 cm³/mol. The molecule has 0 amide bonds. The first-order valence-electron chi connectivity index (χ1n) is 7.27. The smallest absolute Gasteiger partial charge is 0.315 e. The van der Waals surface area contributed by atoms with Gasteiger partial charge < -0.3 is 10.6 Å². The zero-order valence-electron chi connectivity index (χ0n) is 12.3. The van der Waals surface area contributed by atoms with E-state index in [9.17, 15) is 10.1 Å². The number of para-hydroxylation sites is 1. The fourth-order valence-corrected chi connectivity index (χ4v) is 3.37. The summed E-state index contributed by atoms with van der Waals surface area (Å²) < 4.78 is 0. The first kappa shape index (κ1) is 15.9. The molecule has 116 valence electrons. The Kier molecular flexibility index (Phi) is 6.13. The maximum atomic E-state index is 11.3. The lowest BCUT2D eigenvalue weighted by atomic mass is 10.2. The Hall–Kier alpha value is -1.47. The SMILES string of the molecule is CCNc1cccc(NCCN2CCSCC2)c1[N+](=O)[O-]. The van der Waals surface area contributed by atoms with E-state index in [0.29, 0.717) is 17.9 Å². The second kappa shape index (κ2) is 8.09. The standard InChI is InChI=1S/C14H22N4O2S/c1-2-15-12-4-3-5-13(14(12)18(19)20)16-6-7-17-8-10-21-11-9-17/h3-5,15-16H,2,6-11H2,1H3. The average molecular weight is 310 g/mol. The first-order chi connectivity index (χ1) is 10.2. The number of rotatable bonds is 7. The second-order valence-corrected chi connectivity index (χ2v) is 6.09. The van der Waals surface area contributed by atoms with Crippen LogP contribution in [0.2, 0.25) is 0 Å². The van der Waals surface area contributed by atoms with Crippen LogP contribution in [-0.4, -0.2) is 54.1 Å². The van der Waals surface area contributed by atoms with E-state index in [1.165, 1.54) is 11.5 Å². The summed E-state index contributed by atoms with van der Waals surface area (Å²) in [5.41, 5.74) is 1.29. The number of nitrogens with zero attached hydrogens (tertiary/aromatic N) is 2. The minimum Gasteiger partial charge on any atom is -0.380 e. The van der Waals surface area contributed by atoms with Gasteiger partial charge in [0, 0.05) is 44.2 Å². The van der Waals surface area contributed by atoms with Gasteiger partial charge in [-0.3, -0.25) is 15.0 Å². The number of hydrogen-bond donors (Lipinski definition) is 2. The summed E-state index contributed by atoms with van der Waals surface area (Å²) in [6.07, 6.45) is 0. The summed E-state index contributed by atoms with van der Waals surface area (Å²) in [6, 6.07) is 5.35. The molecule has 2 N–H and O–H groups in total. The normalized spacial score (nSPS) is 15.7. The van der Waals surface area contributed by atoms with Crippen molar-refractivity contribution in [1.82, 2.24) is 4.90 Å². The van der Waals surface area contributed by atoms with Crippen molar-refractivity contribution in [3.05, 3.63) is 28.3 Å². The molecule has 2 rings (SSSR count). The zero-order chi connectivity index (χ0) is 15.1. The van der Waals surface area contributed by atoms with E-state index in [4.69, 9.17) is 0 Å². The van der Waals surface area contributed by atoms with Crippen molar-refractivity contribution in [1.29, 1.82) is 0 Å². The molecular formula is C14H22N4O2S. The Morgan fingerprint density at radius 1 is 1.29 bits per heavy atom. The van der Waals surface area contributed by atoms with Gasteiger partial charge in [-0.05, 0) is 19.1 Å². The van der Waals surface area contributed by atoms with Crippen LogP contribution in [0.3, 0.4) is 0 Å². The lowest BCUT2D eigenvalue weighted by molar-refractivity contribution is -0.383. The van der Waals surface area contributed by atoms with Gasteiger partial charge in [0.1, 0.15) is 11.4 Å². The van der Waals surface area contributed by atoms with E-state index in [1.54, 1.807) is 12.1 Å². The molecule has 1 aliphatic heterocycles. The fourth-order valence-electron chi connectivity index (χ4n) is 2.39. The first-order valence-corrected chi connectivity index (χ1v) is 8.43. The maximum Gasteiger partial charge on any atom is 0.315 e. The van der Waals surface area contributed by atoms with Crippen molar-refractivity contribution in [2.45, 2.75) is 6.92 Å². The Bertz CT molecular complexity index is 478. The van der Waals surface area contributed by atoms with Gasteiger partial charge in [-0.2, -0.15) is 11.8 Å². The average Bonchev–Trinajstić information content (AvgIpc) is 2.48. The third-order valence-corrected chi connectivity index (χ3v) is 4.38. The number of thioether (sulfide) groups is 1. The molecule has 1 aliphatic rings. The van der Waals surface area contributed by atoms with E-state index in [0.717, 1.165) is 26.2 Å². The molecule has 0 radical (unpaired) electrons. The number of anilines is 2. The monoisotopic (exact) mass is 310 g/mol. The van der Waals surface area contributed by atoms with Crippen LogP contribution in [0.1, 0.15) is 6.92 Å². The molecule has 0 atom stereocenters. The van der Waals surface area contributed by atoms with Crippen molar-refractivity contribution in [2.24, 2.45) is 0 Å². The van der Waals surface area contributed by atoms with Crippen molar-refractivity contribution < 1.29 is 4.92 Å². The van der Waals surface area contributed by atoms with Crippen LogP contribution in [0, 0.1) is 10.1 Å². The lowest BCUT2D eigenvalue weighted by Gasteiger charge is -2.26. The van der Waals surface area contributed by atoms with Crippen LogP contribution in [-0.2, 0) is 0 Å². The van der Waals surface area contributed by atoms with E-state index in [1.807, 2.05) is 24.8 Å². The van der Waals surface area contributed by atoms with Gasteiger partial charge in [-0.25, -0.2) is 0 Å². The molecule has 7 heteroatoms. The molecular weight excluding hydrogens is 288 g/mol.